The van der Waals surface area contributed by atoms with Gasteiger partial charge in [-0.3, -0.25) is 14.5 Å². The number of carbonyl (C=O) groups is 3. The Morgan fingerprint density at radius 2 is 1.88 bits per heavy atom. The Morgan fingerprint density at radius 3 is 2.46 bits per heavy atom. The molecule has 0 aliphatic carbocycles. The Labute approximate surface area is 153 Å². The molecule has 10 heteroatoms. The summed E-state index contributed by atoms with van der Waals surface area (Å²) in [6.07, 6.45) is 1.03. The first-order valence-corrected chi connectivity index (χ1v) is 10.6. The molecule has 2 N–H and O–H groups in total. The van der Waals surface area contributed by atoms with Crippen molar-refractivity contribution in [2.45, 2.75) is 57.7 Å². The summed E-state index contributed by atoms with van der Waals surface area (Å²) >= 11 is 0. The lowest BCUT2D eigenvalue weighted by atomic mass is 10.2. The molecular formula is C16H27N3O6S. The van der Waals surface area contributed by atoms with Gasteiger partial charge in [0.1, 0.15) is 11.6 Å². The second-order valence-electron chi connectivity index (χ2n) is 7.72. The Kier molecular flexibility index (Phi) is 6.15. The molecule has 0 spiro atoms. The smallest absolute Gasteiger partial charge is 0.410 e. The summed E-state index contributed by atoms with van der Waals surface area (Å²) in [6.45, 7) is 5.43. The molecule has 2 atom stereocenters. The lowest BCUT2D eigenvalue weighted by Gasteiger charge is -2.28. The van der Waals surface area contributed by atoms with Crippen molar-refractivity contribution in [1.29, 1.82) is 0 Å². The van der Waals surface area contributed by atoms with Gasteiger partial charge in [0.2, 0.25) is 11.8 Å². The maximum atomic E-state index is 12.3. The van der Waals surface area contributed by atoms with Crippen LogP contribution in [0.5, 0.6) is 0 Å². The Balaban J connectivity index is 1.81. The van der Waals surface area contributed by atoms with Gasteiger partial charge in [-0.15, -0.1) is 0 Å². The normalized spacial score (nSPS) is 25.0. The lowest BCUT2D eigenvalue weighted by Crippen LogP contribution is -2.50. The number of likely N-dealkylation sites (tertiary alicyclic amines) is 1. The third-order valence-corrected chi connectivity index (χ3v) is 5.97. The predicted octanol–water partition coefficient (Wildman–Crippen LogP) is -0.195. The van der Waals surface area contributed by atoms with Crippen molar-refractivity contribution < 1.29 is 27.5 Å². The summed E-state index contributed by atoms with van der Waals surface area (Å²) < 4.78 is 28.1. The van der Waals surface area contributed by atoms with E-state index in [0.717, 1.165) is 0 Å². The summed E-state index contributed by atoms with van der Waals surface area (Å²) in [5.41, 5.74) is -0.651. The maximum Gasteiger partial charge on any atom is 0.410 e. The number of nitrogens with zero attached hydrogens (tertiary/aromatic N) is 1. The van der Waals surface area contributed by atoms with Gasteiger partial charge >= 0.3 is 6.09 Å². The standard InChI is InChI=1S/C16H27N3O6S/c1-16(2,3)25-15(22)19-7-4-5-12(19)14(21)17-9-13(20)18-11-6-8-26(23,24)10-11/h11-12H,4-10H2,1-3H3,(H,17,21)(H,18,20). The molecule has 2 aliphatic heterocycles. The van der Waals surface area contributed by atoms with Gasteiger partial charge in [0.15, 0.2) is 9.84 Å². The molecule has 0 aromatic carbocycles. The lowest BCUT2D eigenvalue weighted by molar-refractivity contribution is -0.129. The van der Waals surface area contributed by atoms with Crippen LogP contribution in [0, 0.1) is 0 Å². The third-order valence-electron chi connectivity index (χ3n) is 4.20. The molecule has 2 aliphatic rings. The van der Waals surface area contributed by atoms with Crippen molar-refractivity contribution in [3.8, 4) is 0 Å². The summed E-state index contributed by atoms with van der Waals surface area (Å²) in [5, 5.41) is 5.12. The highest BCUT2D eigenvalue weighted by molar-refractivity contribution is 7.91. The van der Waals surface area contributed by atoms with Gasteiger partial charge in [-0.2, -0.15) is 0 Å². The van der Waals surface area contributed by atoms with Crippen molar-refractivity contribution in [2.24, 2.45) is 0 Å². The minimum Gasteiger partial charge on any atom is -0.444 e. The van der Waals surface area contributed by atoms with Gasteiger partial charge in [-0.05, 0) is 40.0 Å². The number of ether oxygens (including phenoxy) is 1. The Hall–Kier alpha value is -1.84. The van der Waals surface area contributed by atoms with E-state index in [2.05, 4.69) is 10.6 Å². The number of sulfone groups is 1. The fraction of sp³-hybridized carbons (Fsp3) is 0.812. The number of amides is 3. The zero-order valence-electron chi connectivity index (χ0n) is 15.4. The monoisotopic (exact) mass is 389 g/mol. The van der Waals surface area contributed by atoms with Gasteiger partial charge < -0.3 is 15.4 Å². The minimum atomic E-state index is -3.08. The summed E-state index contributed by atoms with van der Waals surface area (Å²) in [7, 11) is -3.08. The molecule has 9 nitrogen and oxygen atoms in total. The van der Waals surface area contributed by atoms with Crippen LogP contribution in [0.4, 0.5) is 4.79 Å². The summed E-state index contributed by atoms with van der Waals surface area (Å²) in [5.74, 6) is -0.858. The number of nitrogens with one attached hydrogen (secondary N) is 2. The molecular weight excluding hydrogens is 362 g/mol. The van der Waals surface area contributed by atoms with Gasteiger partial charge in [0.05, 0.1) is 18.1 Å². The van der Waals surface area contributed by atoms with Gasteiger partial charge in [0, 0.05) is 12.6 Å². The Morgan fingerprint density at radius 1 is 1.19 bits per heavy atom. The van der Waals surface area contributed by atoms with Crippen LogP contribution in [0.25, 0.3) is 0 Å². The first kappa shape index (κ1) is 20.5. The first-order chi connectivity index (χ1) is 12.0. The van der Waals surface area contributed by atoms with Crippen molar-refractivity contribution >= 4 is 27.7 Å². The van der Waals surface area contributed by atoms with E-state index in [1.165, 1.54) is 4.90 Å². The molecule has 2 unspecified atom stereocenters. The largest absolute Gasteiger partial charge is 0.444 e. The topological polar surface area (TPSA) is 122 Å². The summed E-state index contributed by atoms with van der Waals surface area (Å²) in [4.78, 5) is 37.8. The van der Waals surface area contributed by atoms with E-state index in [-0.39, 0.29) is 18.1 Å². The molecule has 2 fully saturated rings. The number of hydrogen-bond acceptors (Lipinski definition) is 6. The molecule has 0 aromatic rings. The van der Waals surface area contributed by atoms with Crippen LogP contribution < -0.4 is 10.6 Å². The fourth-order valence-corrected chi connectivity index (χ4v) is 4.72. The van der Waals surface area contributed by atoms with E-state index in [1.54, 1.807) is 20.8 Å². The predicted molar refractivity (Wildman–Crippen MR) is 94.2 cm³/mol. The zero-order chi connectivity index (χ0) is 19.5. The molecule has 0 bridgehead atoms. The zero-order valence-corrected chi connectivity index (χ0v) is 16.2. The van der Waals surface area contributed by atoms with Crippen LogP contribution in [-0.4, -0.2) is 73.5 Å². The van der Waals surface area contributed by atoms with E-state index < -0.39 is 45.4 Å². The van der Waals surface area contributed by atoms with E-state index in [4.69, 9.17) is 4.74 Å². The van der Waals surface area contributed by atoms with Crippen molar-refractivity contribution in [1.82, 2.24) is 15.5 Å². The first-order valence-electron chi connectivity index (χ1n) is 8.74. The van der Waals surface area contributed by atoms with Crippen LogP contribution in [0.1, 0.15) is 40.0 Å². The molecule has 3 amide bonds. The molecule has 0 aromatic heterocycles. The molecule has 0 saturated carbocycles. The van der Waals surface area contributed by atoms with Crippen LogP contribution in [0.3, 0.4) is 0 Å². The van der Waals surface area contributed by atoms with Crippen LogP contribution in [-0.2, 0) is 24.2 Å². The molecule has 2 rings (SSSR count). The molecule has 26 heavy (non-hydrogen) atoms. The van der Waals surface area contributed by atoms with Crippen molar-refractivity contribution in [3.63, 3.8) is 0 Å². The van der Waals surface area contributed by atoms with Crippen LogP contribution >= 0.6 is 0 Å². The van der Waals surface area contributed by atoms with Crippen molar-refractivity contribution in [2.75, 3.05) is 24.6 Å². The highest BCUT2D eigenvalue weighted by atomic mass is 32.2. The van der Waals surface area contributed by atoms with E-state index >= 15 is 0 Å². The molecule has 148 valence electrons. The molecule has 2 saturated heterocycles. The van der Waals surface area contributed by atoms with Crippen LogP contribution in [0.15, 0.2) is 0 Å². The van der Waals surface area contributed by atoms with E-state index in [1.807, 2.05) is 0 Å². The summed E-state index contributed by atoms with van der Waals surface area (Å²) in [6, 6.07) is -1.07. The third kappa shape index (κ3) is 5.86. The SMILES string of the molecule is CC(C)(C)OC(=O)N1CCCC1C(=O)NCC(=O)NC1CCS(=O)(=O)C1. The second-order valence-corrected chi connectivity index (χ2v) is 9.95. The maximum absolute atomic E-state index is 12.3. The highest BCUT2D eigenvalue weighted by Gasteiger charge is 2.36. The number of rotatable bonds is 4. The average Bonchev–Trinajstić information content (AvgIpc) is 3.09. The van der Waals surface area contributed by atoms with Gasteiger partial charge in [0.25, 0.3) is 0 Å². The Bertz CT molecular complexity index is 670. The van der Waals surface area contributed by atoms with E-state index in [0.29, 0.717) is 25.8 Å². The molecule has 2 heterocycles. The minimum absolute atomic E-state index is 0.0667. The van der Waals surface area contributed by atoms with Gasteiger partial charge in [-0.25, -0.2) is 13.2 Å². The second kappa shape index (κ2) is 7.81. The number of carbonyl (C=O) groups excluding carboxylic acids is 3. The molecule has 0 radical (unpaired) electrons. The highest BCUT2D eigenvalue weighted by Crippen LogP contribution is 2.21. The number of hydrogen-bond donors (Lipinski definition) is 2. The van der Waals surface area contributed by atoms with Crippen LogP contribution in [0.2, 0.25) is 0 Å². The van der Waals surface area contributed by atoms with E-state index in [9.17, 15) is 22.8 Å². The van der Waals surface area contributed by atoms with Crippen molar-refractivity contribution in [3.05, 3.63) is 0 Å². The fourth-order valence-electron chi connectivity index (χ4n) is 3.05. The quantitative estimate of drug-likeness (QED) is 0.687. The average molecular weight is 389 g/mol. The van der Waals surface area contributed by atoms with Gasteiger partial charge in [-0.1, -0.05) is 0 Å².